The van der Waals surface area contributed by atoms with Gasteiger partial charge >= 0.3 is 29.8 Å². The van der Waals surface area contributed by atoms with Gasteiger partial charge in [-0.1, -0.05) is 0 Å². The van der Waals surface area contributed by atoms with Gasteiger partial charge in [0.2, 0.25) is 0 Å². The predicted molar refractivity (Wildman–Crippen MR) is 95.2 cm³/mol. The fraction of sp³-hybridized carbons (Fsp3) is 0.667. The molecule has 0 aliphatic carbocycles. The van der Waals surface area contributed by atoms with E-state index in [1.165, 1.54) is 6.92 Å². The lowest BCUT2D eigenvalue weighted by molar-refractivity contribution is -0.170. The van der Waals surface area contributed by atoms with E-state index in [1.807, 2.05) is 0 Å². The van der Waals surface area contributed by atoms with Crippen molar-refractivity contribution in [3.63, 3.8) is 0 Å². The van der Waals surface area contributed by atoms with E-state index in [-0.39, 0.29) is 0 Å². The Morgan fingerprint density at radius 3 is 1.25 bits per heavy atom. The van der Waals surface area contributed by atoms with Gasteiger partial charge in [-0.3, -0.25) is 9.59 Å². The normalized spacial score (nSPS) is 15.2. The number of carboxylic acids is 5. The standard InChI is InChI=1S/C6H8O7.C6H12O7.C3H6O3/c7-3(8)1-6(13,5(11)12)2-4(9)10;7-1-2(8)3(9)4(10)5(11)6(12)13;1-2(4)3(5)6/h13H,1-2H2,(H,7,8)(H,9,10)(H,11,12);2-5,7-11H,1H2,(H,12,13);2,4H,1H3,(H,5,6)/t;2-,3-,4+,5-;/m.1./s1. The second kappa shape index (κ2) is 15.8. The average molecular weight is 478 g/mol. The van der Waals surface area contributed by atoms with Crippen LogP contribution in [0.5, 0.6) is 0 Å². The molecule has 0 fully saturated rings. The van der Waals surface area contributed by atoms with E-state index in [0.29, 0.717) is 0 Å². The van der Waals surface area contributed by atoms with Crippen LogP contribution in [0.3, 0.4) is 0 Å². The average Bonchev–Trinajstić information content (AvgIpc) is 2.64. The van der Waals surface area contributed by atoms with Gasteiger partial charge in [-0.05, 0) is 6.92 Å². The van der Waals surface area contributed by atoms with Crippen molar-refractivity contribution in [2.24, 2.45) is 0 Å². The predicted octanol–water partition coefficient (Wildman–Crippen LogP) is -5.29. The molecule has 0 amide bonds. The molecule has 0 aliphatic rings. The van der Waals surface area contributed by atoms with E-state index in [2.05, 4.69) is 0 Å². The number of carbonyl (C=O) groups is 5. The Bertz CT molecular complexity index is 613. The lowest BCUT2D eigenvalue weighted by Crippen LogP contribution is -2.48. The highest BCUT2D eigenvalue weighted by Gasteiger charge is 2.40. The molecule has 0 saturated heterocycles. The van der Waals surface area contributed by atoms with Crippen molar-refractivity contribution in [3.05, 3.63) is 0 Å². The summed E-state index contributed by atoms with van der Waals surface area (Å²) < 4.78 is 0. The van der Waals surface area contributed by atoms with Gasteiger partial charge in [0.05, 0.1) is 19.4 Å². The summed E-state index contributed by atoms with van der Waals surface area (Å²) in [6.45, 7) is 0.354. The summed E-state index contributed by atoms with van der Waals surface area (Å²) in [4.78, 5) is 50.0. The second-order valence-electron chi connectivity index (χ2n) is 6.01. The third-order valence-corrected chi connectivity index (χ3v) is 3.15. The molecule has 0 aromatic heterocycles. The summed E-state index contributed by atoms with van der Waals surface area (Å²) in [5.74, 6) is -7.93. The molecule has 0 spiro atoms. The van der Waals surface area contributed by atoms with Crippen LogP contribution in [0.4, 0.5) is 0 Å². The Kier molecular flexibility index (Phi) is 16.7. The minimum absolute atomic E-state index is 0.843. The molecule has 0 aromatic rings. The number of carboxylic acid groups (broad SMARTS) is 5. The van der Waals surface area contributed by atoms with Crippen molar-refractivity contribution in [2.45, 2.75) is 55.9 Å². The zero-order chi connectivity index (χ0) is 26.4. The van der Waals surface area contributed by atoms with Crippen molar-refractivity contribution < 1.29 is 85.3 Å². The first-order valence-electron chi connectivity index (χ1n) is 8.20. The minimum atomic E-state index is -2.74. The van der Waals surface area contributed by atoms with Crippen LogP contribution in [0.15, 0.2) is 0 Å². The van der Waals surface area contributed by atoms with E-state index >= 15 is 0 Å². The Balaban J connectivity index is -0.000000422. The van der Waals surface area contributed by atoms with Crippen LogP contribution in [0.25, 0.3) is 0 Å². The second-order valence-corrected chi connectivity index (χ2v) is 6.01. The minimum Gasteiger partial charge on any atom is -0.481 e. The van der Waals surface area contributed by atoms with Crippen molar-refractivity contribution in [2.75, 3.05) is 6.61 Å². The summed E-state index contributed by atoms with van der Waals surface area (Å²) in [6.07, 6.45) is -11.4. The maximum Gasteiger partial charge on any atom is 0.336 e. The number of hydrogen-bond donors (Lipinski definition) is 12. The summed E-state index contributed by atoms with van der Waals surface area (Å²) in [7, 11) is 0. The van der Waals surface area contributed by atoms with Crippen LogP contribution in [-0.2, 0) is 24.0 Å². The van der Waals surface area contributed by atoms with Crippen molar-refractivity contribution in [1.29, 1.82) is 0 Å². The quantitative estimate of drug-likeness (QED) is 0.132. The van der Waals surface area contributed by atoms with Crippen LogP contribution in [0, 0.1) is 0 Å². The number of aliphatic hydroxyl groups excluding tert-OH is 6. The van der Waals surface area contributed by atoms with Crippen molar-refractivity contribution in [1.82, 2.24) is 0 Å². The van der Waals surface area contributed by atoms with Crippen molar-refractivity contribution >= 4 is 29.8 Å². The molecule has 17 heteroatoms. The number of aliphatic hydroxyl groups is 7. The Labute approximate surface area is 178 Å². The van der Waals surface area contributed by atoms with Crippen molar-refractivity contribution in [3.8, 4) is 0 Å². The summed E-state index contributed by atoms with van der Waals surface area (Å²) >= 11 is 0. The first-order valence-corrected chi connectivity index (χ1v) is 8.20. The molecular weight excluding hydrogens is 452 g/mol. The molecule has 0 radical (unpaired) electrons. The smallest absolute Gasteiger partial charge is 0.336 e. The van der Waals surface area contributed by atoms with Crippen LogP contribution >= 0.6 is 0 Å². The highest BCUT2D eigenvalue weighted by atomic mass is 16.4. The molecule has 5 atom stereocenters. The van der Waals surface area contributed by atoms with Crippen LogP contribution in [-0.4, -0.2) is 134 Å². The molecule has 0 bridgehead atoms. The monoisotopic (exact) mass is 478 g/mol. The molecule has 0 aromatic carbocycles. The topological polar surface area (TPSA) is 328 Å². The third kappa shape index (κ3) is 15.0. The van der Waals surface area contributed by atoms with Gasteiger partial charge in [0, 0.05) is 0 Å². The lowest BCUT2D eigenvalue weighted by atomic mass is 9.96. The maximum atomic E-state index is 10.3. The lowest BCUT2D eigenvalue weighted by Gasteiger charge is -2.23. The molecule has 1 unspecified atom stereocenters. The van der Waals surface area contributed by atoms with E-state index in [1.54, 1.807) is 0 Å². The fourth-order valence-corrected chi connectivity index (χ4v) is 1.38. The zero-order valence-corrected chi connectivity index (χ0v) is 16.4. The molecular formula is C15H26O17. The third-order valence-electron chi connectivity index (χ3n) is 3.15. The highest BCUT2D eigenvalue weighted by Crippen LogP contribution is 2.15. The van der Waals surface area contributed by atoms with Gasteiger partial charge in [0.15, 0.2) is 11.7 Å². The SMILES string of the molecule is CC(O)C(=O)O.O=C(O)CC(O)(CC(=O)O)C(=O)O.O=C(O)[C@H](O)[C@@H](O)[C@H](O)[C@H](O)CO. The fourth-order valence-electron chi connectivity index (χ4n) is 1.38. The zero-order valence-electron chi connectivity index (χ0n) is 16.4. The first kappa shape index (κ1) is 33.7. The van der Waals surface area contributed by atoms with E-state index < -0.39 is 85.4 Å². The van der Waals surface area contributed by atoms with E-state index in [9.17, 15) is 24.0 Å². The Morgan fingerprint density at radius 2 is 1.06 bits per heavy atom. The van der Waals surface area contributed by atoms with Crippen LogP contribution in [0.2, 0.25) is 0 Å². The maximum absolute atomic E-state index is 10.3. The Hall–Kier alpha value is -2.93. The Morgan fingerprint density at radius 1 is 0.719 bits per heavy atom. The molecule has 0 rings (SSSR count). The molecule has 0 aliphatic heterocycles. The molecule has 32 heavy (non-hydrogen) atoms. The van der Waals surface area contributed by atoms with Gasteiger partial charge in [-0.25, -0.2) is 14.4 Å². The number of hydrogen-bond acceptors (Lipinski definition) is 12. The molecule has 17 nitrogen and oxygen atoms in total. The highest BCUT2D eigenvalue weighted by molar-refractivity contribution is 5.88. The van der Waals surface area contributed by atoms with E-state index in [0.717, 1.165) is 0 Å². The summed E-state index contributed by atoms with van der Waals surface area (Å²) in [5, 5.41) is 101. The molecule has 12 N–H and O–H groups in total. The van der Waals surface area contributed by atoms with Gasteiger partial charge in [-0.2, -0.15) is 0 Å². The van der Waals surface area contributed by atoms with Crippen LogP contribution < -0.4 is 0 Å². The molecule has 0 saturated carbocycles. The summed E-state index contributed by atoms with van der Waals surface area (Å²) in [6, 6.07) is 0. The number of aliphatic carboxylic acids is 5. The largest absolute Gasteiger partial charge is 0.481 e. The van der Waals surface area contributed by atoms with Gasteiger partial charge in [0.25, 0.3) is 0 Å². The van der Waals surface area contributed by atoms with E-state index in [4.69, 9.17) is 61.3 Å². The number of rotatable bonds is 11. The summed E-state index contributed by atoms with van der Waals surface area (Å²) in [5.41, 5.74) is -2.74. The van der Waals surface area contributed by atoms with Gasteiger partial charge < -0.3 is 61.3 Å². The molecule has 0 heterocycles. The van der Waals surface area contributed by atoms with Crippen LogP contribution in [0.1, 0.15) is 19.8 Å². The molecule has 188 valence electrons. The van der Waals surface area contributed by atoms with Gasteiger partial charge in [-0.15, -0.1) is 0 Å². The first-order chi connectivity index (χ1) is 14.3. The van der Waals surface area contributed by atoms with Gasteiger partial charge in [0.1, 0.15) is 24.4 Å².